The Kier molecular flexibility index (Phi) is 7.07. The van der Waals surface area contributed by atoms with E-state index in [0.717, 1.165) is 73.8 Å². The molecule has 0 aliphatic carbocycles. The molecule has 0 amide bonds. The maximum Gasteiger partial charge on any atom is 0.227 e. The van der Waals surface area contributed by atoms with E-state index >= 15 is 0 Å². The van der Waals surface area contributed by atoms with Gasteiger partial charge in [0.15, 0.2) is 0 Å². The summed E-state index contributed by atoms with van der Waals surface area (Å²) >= 11 is 0. The van der Waals surface area contributed by atoms with Crippen LogP contribution < -0.4 is 19.7 Å². The SMILES string of the molecule is COc1ccc(Nc2cc(C)nc(N3CCN(CCc4cccc(OC)c4)CC3)n2)cc1. The smallest absolute Gasteiger partial charge is 0.227 e. The molecule has 1 aromatic heterocycles. The third-order valence-electron chi connectivity index (χ3n) is 5.71. The minimum absolute atomic E-state index is 0.786. The Bertz CT molecular complexity index is 1020. The largest absolute Gasteiger partial charge is 0.497 e. The first-order valence-electron chi connectivity index (χ1n) is 11.0. The van der Waals surface area contributed by atoms with Gasteiger partial charge in [-0.1, -0.05) is 12.1 Å². The van der Waals surface area contributed by atoms with Crippen LogP contribution in [0.5, 0.6) is 11.5 Å². The fraction of sp³-hybridized carbons (Fsp3) is 0.360. The molecular formula is C25H31N5O2. The topological polar surface area (TPSA) is 62.8 Å². The van der Waals surface area contributed by atoms with Crippen LogP contribution in [0, 0.1) is 6.92 Å². The summed E-state index contributed by atoms with van der Waals surface area (Å²) in [7, 11) is 3.38. The number of aromatic nitrogens is 2. The molecule has 0 bridgehead atoms. The fourth-order valence-electron chi connectivity index (χ4n) is 3.87. The van der Waals surface area contributed by atoms with E-state index in [2.05, 4.69) is 38.3 Å². The summed E-state index contributed by atoms with van der Waals surface area (Å²) in [6.07, 6.45) is 1.02. The van der Waals surface area contributed by atoms with Crippen LogP contribution in [0.3, 0.4) is 0 Å². The number of benzene rings is 2. The van der Waals surface area contributed by atoms with E-state index in [9.17, 15) is 0 Å². The van der Waals surface area contributed by atoms with Crippen molar-refractivity contribution in [3.05, 3.63) is 65.9 Å². The zero-order valence-corrected chi connectivity index (χ0v) is 19.0. The lowest BCUT2D eigenvalue weighted by Gasteiger charge is -2.35. The number of ether oxygens (including phenoxy) is 2. The van der Waals surface area contributed by atoms with E-state index in [-0.39, 0.29) is 0 Å². The molecule has 1 aliphatic heterocycles. The van der Waals surface area contributed by atoms with Gasteiger partial charge in [0.1, 0.15) is 17.3 Å². The van der Waals surface area contributed by atoms with Gasteiger partial charge >= 0.3 is 0 Å². The molecule has 1 fully saturated rings. The van der Waals surface area contributed by atoms with Gasteiger partial charge in [0.25, 0.3) is 0 Å². The second kappa shape index (κ2) is 10.3. The number of anilines is 3. The van der Waals surface area contributed by atoms with Gasteiger partial charge in [-0.15, -0.1) is 0 Å². The van der Waals surface area contributed by atoms with Crippen LogP contribution in [0.25, 0.3) is 0 Å². The minimum Gasteiger partial charge on any atom is -0.497 e. The number of piperazine rings is 1. The van der Waals surface area contributed by atoms with E-state index in [1.54, 1.807) is 14.2 Å². The van der Waals surface area contributed by atoms with E-state index < -0.39 is 0 Å². The third kappa shape index (κ3) is 5.68. The molecule has 0 saturated carbocycles. The molecule has 0 radical (unpaired) electrons. The highest BCUT2D eigenvalue weighted by atomic mass is 16.5. The fourth-order valence-corrected chi connectivity index (χ4v) is 3.87. The third-order valence-corrected chi connectivity index (χ3v) is 5.71. The molecular weight excluding hydrogens is 402 g/mol. The zero-order chi connectivity index (χ0) is 22.3. The Hall–Kier alpha value is -3.32. The normalized spacial score (nSPS) is 14.3. The number of aryl methyl sites for hydroxylation is 1. The molecule has 7 nitrogen and oxygen atoms in total. The average molecular weight is 434 g/mol. The van der Waals surface area contributed by atoms with Crippen molar-refractivity contribution in [2.24, 2.45) is 0 Å². The van der Waals surface area contributed by atoms with Gasteiger partial charge in [0.05, 0.1) is 14.2 Å². The molecule has 2 aromatic carbocycles. The molecule has 1 aliphatic rings. The maximum absolute atomic E-state index is 5.33. The number of rotatable bonds is 8. The van der Waals surface area contributed by atoms with Crippen LogP contribution in [-0.4, -0.2) is 61.8 Å². The van der Waals surface area contributed by atoms with E-state index in [4.69, 9.17) is 14.5 Å². The van der Waals surface area contributed by atoms with Gasteiger partial charge in [0, 0.05) is 50.2 Å². The molecule has 168 valence electrons. The Labute approximate surface area is 190 Å². The highest BCUT2D eigenvalue weighted by Crippen LogP contribution is 2.22. The number of hydrogen-bond acceptors (Lipinski definition) is 7. The van der Waals surface area contributed by atoms with Crippen LogP contribution >= 0.6 is 0 Å². The standard InChI is InChI=1S/C25H31N5O2/c1-19-17-24(27-21-7-9-22(31-2)10-8-21)28-25(26-19)30-15-13-29(14-16-30)12-11-20-5-4-6-23(18-20)32-3/h4-10,17-18H,11-16H2,1-3H3,(H,26,27,28). The van der Waals surface area contributed by atoms with Crippen LogP contribution in [0.15, 0.2) is 54.6 Å². The summed E-state index contributed by atoms with van der Waals surface area (Å²) in [6, 6.07) is 18.1. The summed E-state index contributed by atoms with van der Waals surface area (Å²) in [5.74, 6) is 3.34. The van der Waals surface area contributed by atoms with E-state index in [1.165, 1.54) is 5.56 Å². The van der Waals surface area contributed by atoms with E-state index in [1.807, 2.05) is 43.3 Å². The van der Waals surface area contributed by atoms with Crippen molar-refractivity contribution in [2.45, 2.75) is 13.3 Å². The molecule has 32 heavy (non-hydrogen) atoms. The number of methoxy groups -OCH3 is 2. The number of nitrogens with zero attached hydrogens (tertiary/aromatic N) is 4. The highest BCUT2D eigenvalue weighted by Gasteiger charge is 2.19. The van der Waals surface area contributed by atoms with Crippen molar-refractivity contribution in [1.82, 2.24) is 14.9 Å². The summed E-state index contributed by atoms with van der Waals surface area (Å²) < 4.78 is 10.6. The van der Waals surface area contributed by atoms with E-state index in [0.29, 0.717) is 0 Å². The maximum atomic E-state index is 5.33. The van der Waals surface area contributed by atoms with Crippen molar-refractivity contribution < 1.29 is 9.47 Å². The predicted octanol–water partition coefficient (Wildman–Crippen LogP) is 3.91. The van der Waals surface area contributed by atoms with Crippen LogP contribution in [0.2, 0.25) is 0 Å². The van der Waals surface area contributed by atoms with Crippen molar-refractivity contribution in [3.8, 4) is 11.5 Å². The van der Waals surface area contributed by atoms with Gasteiger partial charge in [0.2, 0.25) is 5.95 Å². The summed E-state index contributed by atoms with van der Waals surface area (Å²) in [5.41, 5.74) is 3.23. The first-order chi connectivity index (χ1) is 15.6. The number of nitrogens with one attached hydrogen (secondary N) is 1. The molecule has 0 spiro atoms. The zero-order valence-electron chi connectivity index (χ0n) is 19.0. The lowest BCUT2D eigenvalue weighted by Crippen LogP contribution is -2.47. The molecule has 4 rings (SSSR count). The lowest BCUT2D eigenvalue weighted by molar-refractivity contribution is 0.259. The van der Waals surface area contributed by atoms with Crippen molar-refractivity contribution in [1.29, 1.82) is 0 Å². The van der Waals surface area contributed by atoms with Crippen molar-refractivity contribution in [2.75, 3.05) is 57.2 Å². The van der Waals surface area contributed by atoms with Gasteiger partial charge in [-0.2, -0.15) is 4.98 Å². The Morgan fingerprint density at radius 3 is 2.34 bits per heavy atom. The minimum atomic E-state index is 0.786. The average Bonchev–Trinajstić information content (AvgIpc) is 2.83. The molecule has 0 atom stereocenters. The second-order valence-corrected chi connectivity index (χ2v) is 7.98. The summed E-state index contributed by atoms with van der Waals surface area (Å²) in [5, 5.41) is 3.38. The lowest BCUT2D eigenvalue weighted by atomic mass is 10.1. The van der Waals surface area contributed by atoms with Crippen LogP contribution in [0.1, 0.15) is 11.3 Å². The van der Waals surface area contributed by atoms with Gasteiger partial charge in [-0.05, 0) is 55.3 Å². The Balaban J connectivity index is 1.33. The molecule has 2 heterocycles. The quantitative estimate of drug-likeness (QED) is 0.578. The van der Waals surface area contributed by atoms with Crippen molar-refractivity contribution >= 4 is 17.5 Å². The summed E-state index contributed by atoms with van der Waals surface area (Å²) in [4.78, 5) is 14.2. The molecule has 3 aromatic rings. The molecule has 1 N–H and O–H groups in total. The van der Waals surface area contributed by atoms with Crippen LogP contribution in [0.4, 0.5) is 17.5 Å². The summed E-state index contributed by atoms with van der Waals surface area (Å²) in [6.45, 7) is 6.90. The molecule has 1 saturated heterocycles. The Morgan fingerprint density at radius 1 is 0.875 bits per heavy atom. The number of hydrogen-bond donors (Lipinski definition) is 1. The van der Waals surface area contributed by atoms with Gasteiger partial charge in [-0.25, -0.2) is 4.98 Å². The highest BCUT2D eigenvalue weighted by molar-refractivity contribution is 5.58. The van der Waals surface area contributed by atoms with Crippen LogP contribution in [-0.2, 0) is 6.42 Å². The molecule has 0 unspecified atom stereocenters. The predicted molar refractivity (Wildman–Crippen MR) is 128 cm³/mol. The Morgan fingerprint density at radius 2 is 1.62 bits per heavy atom. The first-order valence-corrected chi connectivity index (χ1v) is 11.0. The molecule has 7 heteroatoms. The van der Waals surface area contributed by atoms with Crippen molar-refractivity contribution in [3.63, 3.8) is 0 Å². The monoisotopic (exact) mass is 433 g/mol. The first kappa shape index (κ1) is 21.9. The second-order valence-electron chi connectivity index (χ2n) is 7.98. The van der Waals surface area contributed by atoms with Gasteiger partial charge in [-0.3, -0.25) is 4.90 Å². The van der Waals surface area contributed by atoms with Gasteiger partial charge < -0.3 is 19.7 Å².